The standard InChI is InChI=1S/C24H22N2O3/c27-23(22-16-9-4-5-11-20(16)25-21-12-6-10-17(21)22)26-13-18(19(14-26)24(28)29)15-7-2-1-3-8-15/h1-5,7-9,11,18-19H,6,10,12-14H2,(H,28,29). The summed E-state index contributed by atoms with van der Waals surface area (Å²) in [7, 11) is 0. The Hall–Kier alpha value is -3.21. The smallest absolute Gasteiger partial charge is 0.308 e. The van der Waals surface area contributed by atoms with Crippen molar-refractivity contribution in [3.8, 4) is 0 Å². The quantitative estimate of drug-likeness (QED) is 0.746. The zero-order valence-electron chi connectivity index (χ0n) is 16.0. The van der Waals surface area contributed by atoms with Gasteiger partial charge in [-0.1, -0.05) is 48.5 Å². The van der Waals surface area contributed by atoms with Crippen LogP contribution in [-0.2, 0) is 17.6 Å². The zero-order chi connectivity index (χ0) is 20.0. The monoisotopic (exact) mass is 386 g/mol. The van der Waals surface area contributed by atoms with E-state index in [2.05, 4.69) is 0 Å². The van der Waals surface area contributed by atoms with Crippen LogP contribution >= 0.6 is 0 Å². The zero-order valence-corrected chi connectivity index (χ0v) is 16.0. The number of hydrogen-bond donors (Lipinski definition) is 1. The maximum Gasteiger partial charge on any atom is 0.308 e. The molecular weight excluding hydrogens is 364 g/mol. The normalized spacial score (nSPS) is 20.8. The molecule has 1 N–H and O–H groups in total. The van der Waals surface area contributed by atoms with Crippen molar-refractivity contribution in [3.05, 3.63) is 77.0 Å². The van der Waals surface area contributed by atoms with Crippen molar-refractivity contribution in [2.75, 3.05) is 13.1 Å². The summed E-state index contributed by atoms with van der Waals surface area (Å²) >= 11 is 0. The van der Waals surface area contributed by atoms with E-state index in [1.165, 1.54) is 0 Å². The first-order valence-electron chi connectivity index (χ1n) is 10.1. The molecule has 5 nitrogen and oxygen atoms in total. The third kappa shape index (κ3) is 2.97. The van der Waals surface area contributed by atoms with E-state index < -0.39 is 11.9 Å². The molecule has 3 aromatic rings. The predicted molar refractivity (Wildman–Crippen MR) is 110 cm³/mol. The Morgan fingerprint density at radius 1 is 0.966 bits per heavy atom. The number of para-hydroxylation sites is 1. The van der Waals surface area contributed by atoms with Crippen molar-refractivity contribution >= 4 is 22.8 Å². The predicted octanol–water partition coefficient (Wildman–Crippen LogP) is 3.66. The fraction of sp³-hybridized carbons (Fsp3) is 0.292. The third-order valence-corrected chi connectivity index (χ3v) is 6.29. The van der Waals surface area contributed by atoms with E-state index in [0.29, 0.717) is 6.54 Å². The van der Waals surface area contributed by atoms with E-state index in [-0.39, 0.29) is 18.4 Å². The SMILES string of the molecule is O=C(O)C1CN(C(=O)c2c3c(nc4ccccc24)CCC3)CC1c1ccccc1. The van der Waals surface area contributed by atoms with Crippen LogP contribution < -0.4 is 0 Å². The average Bonchev–Trinajstić information content (AvgIpc) is 3.39. The molecule has 2 heterocycles. The van der Waals surface area contributed by atoms with E-state index in [4.69, 9.17) is 4.98 Å². The van der Waals surface area contributed by atoms with Gasteiger partial charge in [0, 0.05) is 30.1 Å². The molecular formula is C24H22N2O3. The number of benzene rings is 2. The van der Waals surface area contributed by atoms with Crippen LogP contribution in [0.2, 0.25) is 0 Å². The maximum atomic E-state index is 13.7. The molecule has 0 radical (unpaired) electrons. The molecule has 0 spiro atoms. The van der Waals surface area contributed by atoms with Crippen LogP contribution in [0.15, 0.2) is 54.6 Å². The number of fused-ring (bicyclic) bond motifs is 2. The van der Waals surface area contributed by atoms with Gasteiger partial charge in [-0.3, -0.25) is 14.6 Å². The highest BCUT2D eigenvalue weighted by Crippen LogP contribution is 2.36. The van der Waals surface area contributed by atoms with Crippen molar-refractivity contribution in [1.29, 1.82) is 0 Å². The Bertz CT molecular complexity index is 1110. The number of carbonyl (C=O) groups excluding carboxylic acids is 1. The molecule has 2 aliphatic rings. The Morgan fingerprint density at radius 3 is 2.52 bits per heavy atom. The van der Waals surface area contributed by atoms with Crippen molar-refractivity contribution in [2.45, 2.75) is 25.2 Å². The number of pyridine rings is 1. The van der Waals surface area contributed by atoms with Crippen LogP contribution in [0, 0.1) is 5.92 Å². The summed E-state index contributed by atoms with van der Waals surface area (Å²) in [6.07, 6.45) is 2.75. The van der Waals surface area contributed by atoms with Gasteiger partial charge in [0.05, 0.1) is 17.0 Å². The van der Waals surface area contributed by atoms with Gasteiger partial charge in [-0.2, -0.15) is 0 Å². The molecule has 0 bridgehead atoms. The molecule has 1 saturated heterocycles. The Kier molecular flexibility index (Phi) is 4.31. The van der Waals surface area contributed by atoms with Gasteiger partial charge in [-0.15, -0.1) is 0 Å². The van der Waals surface area contributed by atoms with Gasteiger partial charge in [0.25, 0.3) is 5.91 Å². The minimum atomic E-state index is -0.848. The van der Waals surface area contributed by atoms with Gasteiger partial charge in [-0.05, 0) is 36.5 Å². The number of carbonyl (C=O) groups is 2. The van der Waals surface area contributed by atoms with Gasteiger partial charge in [0.2, 0.25) is 0 Å². The topological polar surface area (TPSA) is 70.5 Å². The van der Waals surface area contributed by atoms with Crippen LogP contribution in [0.5, 0.6) is 0 Å². The highest BCUT2D eigenvalue weighted by Gasteiger charge is 2.41. The lowest BCUT2D eigenvalue weighted by Crippen LogP contribution is -2.31. The number of rotatable bonds is 3. The number of nitrogens with zero attached hydrogens (tertiary/aromatic N) is 2. The Morgan fingerprint density at radius 2 is 1.72 bits per heavy atom. The molecule has 29 heavy (non-hydrogen) atoms. The molecule has 2 atom stereocenters. The Labute approximate surface area is 169 Å². The summed E-state index contributed by atoms with van der Waals surface area (Å²) in [5.41, 5.74) is 4.59. The van der Waals surface area contributed by atoms with Crippen LogP contribution in [0.3, 0.4) is 0 Å². The van der Waals surface area contributed by atoms with E-state index >= 15 is 0 Å². The van der Waals surface area contributed by atoms with Crippen LogP contribution in [0.25, 0.3) is 10.9 Å². The third-order valence-electron chi connectivity index (χ3n) is 6.29. The number of aliphatic carboxylic acids is 1. The molecule has 146 valence electrons. The lowest BCUT2D eigenvalue weighted by Gasteiger charge is -2.20. The summed E-state index contributed by atoms with van der Waals surface area (Å²) in [5.74, 6) is -1.70. The first kappa shape index (κ1) is 17.9. The molecule has 1 amide bonds. The first-order valence-corrected chi connectivity index (χ1v) is 10.1. The molecule has 2 unspecified atom stereocenters. The van der Waals surface area contributed by atoms with E-state index in [0.717, 1.165) is 52.5 Å². The van der Waals surface area contributed by atoms with E-state index in [1.54, 1.807) is 4.90 Å². The van der Waals surface area contributed by atoms with Crippen molar-refractivity contribution < 1.29 is 14.7 Å². The molecule has 1 aromatic heterocycles. The Balaban J connectivity index is 1.56. The number of carboxylic acids is 1. The van der Waals surface area contributed by atoms with E-state index in [1.807, 2.05) is 54.6 Å². The summed E-state index contributed by atoms with van der Waals surface area (Å²) < 4.78 is 0. The van der Waals surface area contributed by atoms with Crippen LogP contribution in [0.1, 0.15) is 39.5 Å². The molecule has 2 aromatic carbocycles. The second kappa shape index (κ2) is 6.99. The summed E-state index contributed by atoms with van der Waals surface area (Å²) in [5, 5.41) is 10.7. The average molecular weight is 386 g/mol. The molecule has 5 rings (SSSR count). The largest absolute Gasteiger partial charge is 0.481 e. The molecule has 1 aliphatic carbocycles. The summed E-state index contributed by atoms with van der Waals surface area (Å²) in [6.45, 7) is 0.657. The molecule has 1 fully saturated rings. The van der Waals surface area contributed by atoms with Gasteiger partial charge in [-0.25, -0.2) is 0 Å². The van der Waals surface area contributed by atoms with Gasteiger partial charge in [0.15, 0.2) is 0 Å². The lowest BCUT2D eigenvalue weighted by atomic mass is 9.89. The number of hydrogen-bond acceptors (Lipinski definition) is 3. The lowest BCUT2D eigenvalue weighted by molar-refractivity contribution is -0.141. The van der Waals surface area contributed by atoms with Crippen molar-refractivity contribution in [2.24, 2.45) is 5.92 Å². The fourth-order valence-corrected chi connectivity index (χ4v) is 4.87. The fourth-order valence-electron chi connectivity index (χ4n) is 4.87. The highest BCUT2D eigenvalue weighted by molar-refractivity contribution is 6.08. The number of aryl methyl sites for hydroxylation is 1. The minimum absolute atomic E-state index is 0.0635. The van der Waals surface area contributed by atoms with Crippen molar-refractivity contribution in [3.63, 3.8) is 0 Å². The maximum absolute atomic E-state index is 13.7. The molecule has 1 aliphatic heterocycles. The number of carboxylic acid groups (broad SMARTS) is 1. The number of amides is 1. The minimum Gasteiger partial charge on any atom is -0.481 e. The number of aromatic nitrogens is 1. The second-order valence-electron chi connectivity index (χ2n) is 7.95. The van der Waals surface area contributed by atoms with E-state index in [9.17, 15) is 14.7 Å². The molecule has 0 saturated carbocycles. The molecule has 5 heteroatoms. The summed E-state index contributed by atoms with van der Waals surface area (Å²) in [6, 6.07) is 17.4. The first-order chi connectivity index (χ1) is 14.1. The van der Waals surface area contributed by atoms with Crippen LogP contribution in [0.4, 0.5) is 0 Å². The summed E-state index contributed by atoms with van der Waals surface area (Å²) in [4.78, 5) is 32.1. The second-order valence-corrected chi connectivity index (χ2v) is 7.95. The van der Waals surface area contributed by atoms with Gasteiger partial charge in [0.1, 0.15) is 0 Å². The van der Waals surface area contributed by atoms with Crippen LogP contribution in [-0.4, -0.2) is 40.0 Å². The van der Waals surface area contributed by atoms with Gasteiger partial charge < -0.3 is 10.0 Å². The number of likely N-dealkylation sites (tertiary alicyclic amines) is 1. The van der Waals surface area contributed by atoms with Crippen molar-refractivity contribution in [1.82, 2.24) is 9.88 Å². The van der Waals surface area contributed by atoms with Gasteiger partial charge >= 0.3 is 5.97 Å². The highest BCUT2D eigenvalue weighted by atomic mass is 16.4.